The molecule has 190 valence electrons. The van der Waals surface area contributed by atoms with Crippen molar-refractivity contribution < 1.29 is 27.5 Å². The van der Waals surface area contributed by atoms with Crippen molar-refractivity contribution in [1.29, 1.82) is 0 Å². The minimum atomic E-state index is -4.61. The van der Waals surface area contributed by atoms with Gasteiger partial charge in [0.15, 0.2) is 5.41 Å². The molecule has 9 heteroatoms. The third-order valence-corrected chi connectivity index (χ3v) is 6.69. The second kappa shape index (κ2) is 10.1. The maximum Gasteiger partial charge on any atom is 0.410 e. The topological polar surface area (TPSA) is 53.1 Å². The number of hydrogen-bond donors (Lipinski definition) is 0. The van der Waals surface area contributed by atoms with Crippen LogP contribution >= 0.6 is 0 Å². The van der Waals surface area contributed by atoms with Gasteiger partial charge in [0.2, 0.25) is 5.91 Å². The second-order valence-electron chi connectivity index (χ2n) is 10.6. The lowest BCUT2D eigenvalue weighted by Crippen LogP contribution is -2.55. The molecule has 34 heavy (non-hydrogen) atoms. The quantitative estimate of drug-likeness (QED) is 0.617. The number of amides is 2. The fourth-order valence-corrected chi connectivity index (χ4v) is 4.82. The molecule has 0 aromatic heterocycles. The van der Waals surface area contributed by atoms with Gasteiger partial charge in [-0.15, -0.1) is 0 Å². The number of nitrogens with zero attached hydrogens (tertiary/aromatic N) is 3. The molecule has 2 aliphatic heterocycles. The number of piperidine rings is 1. The van der Waals surface area contributed by atoms with Crippen molar-refractivity contribution in [2.24, 2.45) is 11.3 Å². The summed E-state index contributed by atoms with van der Waals surface area (Å²) in [5, 5.41) is 0. The van der Waals surface area contributed by atoms with Crippen molar-refractivity contribution in [3.8, 4) is 0 Å². The molecule has 1 atom stereocenters. The van der Waals surface area contributed by atoms with Gasteiger partial charge >= 0.3 is 12.3 Å². The number of carbonyl (C=O) groups excluding carboxylic acids is 2. The van der Waals surface area contributed by atoms with Crippen LogP contribution in [0.3, 0.4) is 0 Å². The molecule has 2 saturated heterocycles. The number of halogens is 3. The zero-order valence-corrected chi connectivity index (χ0v) is 20.5. The maximum atomic E-state index is 14.3. The SMILES string of the molecule is CN(CC1CCN(C(=O)C2(C(F)(F)F)CCN(Cc3ccccc3)C2)CC1)C(=O)OC(C)(C)C. The Labute approximate surface area is 200 Å². The van der Waals surface area contributed by atoms with Crippen LogP contribution in [0.4, 0.5) is 18.0 Å². The molecule has 3 rings (SSSR count). The van der Waals surface area contributed by atoms with Crippen LogP contribution < -0.4 is 0 Å². The van der Waals surface area contributed by atoms with Crippen LogP contribution in [0.25, 0.3) is 0 Å². The summed E-state index contributed by atoms with van der Waals surface area (Å²) in [5.41, 5.74) is -2.02. The second-order valence-corrected chi connectivity index (χ2v) is 10.6. The number of likely N-dealkylation sites (tertiary alicyclic amines) is 2. The molecule has 2 heterocycles. The zero-order valence-electron chi connectivity index (χ0n) is 20.5. The highest BCUT2D eigenvalue weighted by atomic mass is 19.4. The minimum Gasteiger partial charge on any atom is -0.444 e. The van der Waals surface area contributed by atoms with Crippen molar-refractivity contribution in [2.75, 3.05) is 39.8 Å². The highest BCUT2D eigenvalue weighted by molar-refractivity contribution is 5.84. The van der Waals surface area contributed by atoms with Gasteiger partial charge in [0, 0.05) is 39.8 Å². The van der Waals surface area contributed by atoms with Gasteiger partial charge in [-0.1, -0.05) is 30.3 Å². The van der Waals surface area contributed by atoms with Gasteiger partial charge in [-0.05, 0) is 58.1 Å². The van der Waals surface area contributed by atoms with E-state index in [1.165, 1.54) is 9.80 Å². The van der Waals surface area contributed by atoms with E-state index in [4.69, 9.17) is 4.74 Å². The maximum absolute atomic E-state index is 14.3. The van der Waals surface area contributed by atoms with E-state index >= 15 is 0 Å². The van der Waals surface area contributed by atoms with E-state index in [-0.39, 0.29) is 38.5 Å². The smallest absolute Gasteiger partial charge is 0.410 e. The molecule has 2 amide bonds. The van der Waals surface area contributed by atoms with E-state index < -0.39 is 29.2 Å². The molecule has 1 unspecified atom stereocenters. The Morgan fingerprint density at radius 1 is 1.09 bits per heavy atom. The summed E-state index contributed by atoms with van der Waals surface area (Å²) in [6.07, 6.45) is -4.14. The van der Waals surface area contributed by atoms with E-state index in [1.807, 2.05) is 30.3 Å². The molecule has 0 aliphatic carbocycles. The van der Waals surface area contributed by atoms with Gasteiger partial charge in [-0.3, -0.25) is 9.69 Å². The van der Waals surface area contributed by atoms with Crippen molar-refractivity contribution in [3.63, 3.8) is 0 Å². The first kappa shape index (κ1) is 26.3. The minimum absolute atomic E-state index is 0.113. The number of alkyl halides is 3. The molecule has 0 saturated carbocycles. The van der Waals surface area contributed by atoms with Crippen LogP contribution in [-0.4, -0.2) is 78.2 Å². The first-order valence-corrected chi connectivity index (χ1v) is 11.9. The van der Waals surface area contributed by atoms with Crippen LogP contribution in [0.5, 0.6) is 0 Å². The Morgan fingerprint density at radius 2 is 1.71 bits per heavy atom. The Hall–Kier alpha value is -2.29. The van der Waals surface area contributed by atoms with Crippen LogP contribution in [-0.2, 0) is 16.1 Å². The van der Waals surface area contributed by atoms with Crippen LogP contribution in [0, 0.1) is 11.3 Å². The first-order chi connectivity index (χ1) is 15.8. The van der Waals surface area contributed by atoms with Crippen molar-refractivity contribution >= 4 is 12.0 Å². The van der Waals surface area contributed by atoms with E-state index in [0.717, 1.165) is 5.56 Å². The van der Waals surface area contributed by atoms with Gasteiger partial charge in [-0.25, -0.2) is 4.79 Å². The molecule has 2 fully saturated rings. The van der Waals surface area contributed by atoms with Gasteiger partial charge in [-0.2, -0.15) is 13.2 Å². The summed E-state index contributed by atoms with van der Waals surface area (Å²) in [6, 6.07) is 9.35. The highest BCUT2D eigenvalue weighted by Gasteiger charge is 2.64. The van der Waals surface area contributed by atoms with Crippen molar-refractivity contribution in [1.82, 2.24) is 14.7 Å². The summed E-state index contributed by atoms with van der Waals surface area (Å²) < 4.78 is 48.2. The Bertz CT molecular complexity index is 848. The van der Waals surface area contributed by atoms with Crippen molar-refractivity contribution in [2.45, 2.75) is 58.4 Å². The lowest BCUT2D eigenvalue weighted by Gasteiger charge is -2.40. The molecular formula is C25H36F3N3O3. The largest absolute Gasteiger partial charge is 0.444 e. The van der Waals surface area contributed by atoms with Crippen LogP contribution in [0.1, 0.15) is 45.6 Å². The summed E-state index contributed by atoms with van der Waals surface area (Å²) in [4.78, 5) is 30.1. The molecule has 2 aliphatic rings. The summed E-state index contributed by atoms with van der Waals surface area (Å²) in [7, 11) is 1.66. The van der Waals surface area contributed by atoms with E-state index in [1.54, 1.807) is 32.7 Å². The third kappa shape index (κ3) is 6.23. The van der Waals surface area contributed by atoms with Crippen LogP contribution in [0.2, 0.25) is 0 Å². The van der Waals surface area contributed by atoms with E-state index in [0.29, 0.717) is 25.9 Å². The molecule has 1 aromatic rings. The molecule has 0 spiro atoms. The van der Waals surface area contributed by atoms with Gasteiger partial charge in [0.1, 0.15) is 5.60 Å². The molecule has 0 bridgehead atoms. The molecule has 0 radical (unpaired) electrons. The average Bonchev–Trinajstić information content (AvgIpc) is 3.18. The fourth-order valence-electron chi connectivity index (χ4n) is 4.82. The van der Waals surface area contributed by atoms with E-state index in [2.05, 4.69) is 0 Å². The zero-order chi connectivity index (χ0) is 25.1. The Morgan fingerprint density at radius 3 is 2.26 bits per heavy atom. The Kier molecular flexibility index (Phi) is 7.85. The third-order valence-electron chi connectivity index (χ3n) is 6.69. The number of ether oxygens (including phenoxy) is 1. The van der Waals surface area contributed by atoms with E-state index in [9.17, 15) is 22.8 Å². The van der Waals surface area contributed by atoms with Gasteiger partial charge < -0.3 is 14.5 Å². The fraction of sp³-hybridized carbons (Fsp3) is 0.680. The average molecular weight is 484 g/mol. The number of carbonyl (C=O) groups is 2. The number of hydrogen-bond acceptors (Lipinski definition) is 4. The van der Waals surface area contributed by atoms with Crippen molar-refractivity contribution in [3.05, 3.63) is 35.9 Å². The summed E-state index contributed by atoms with van der Waals surface area (Å²) in [5.74, 6) is -0.698. The lowest BCUT2D eigenvalue weighted by molar-refractivity contribution is -0.224. The normalized spacial score (nSPS) is 22.6. The lowest BCUT2D eigenvalue weighted by atomic mass is 9.83. The predicted octanol–water partition coefficient (Wildman–Crippen LogP) is 4.55. The summed E-state index contributed by atoms with van der Waals surface area (Å²) >= 11 is 0. The summed E-state index contributed by atoms with van der Waals surface area (Å²) in [6.45, 7) is 6.68. The number of benzene rings is 1. The van der Waals surface area contributed by atoms with Crippen LogP contribution in [0.15, 0.2) is 30.3 Å². The number of rotatable bonds is 5. The molecular weight excluding hydrogens is 447 g/mol. The highest BCUT2D eigenvalue weighted by Crippen LogP contribution is 2.47. The predicted molar refractivity (Wildman–Crippen MR) is 123 cm³/mol. The van der Waals surface area contributed by atoms with Gasteiger partial charge in [0.05, 0.1) is 0 Å². The molecule has 6 nitrogen and oxygen atoms in total. The molecule has 1 aromatic carbocycles. The standard InChI is InChI=1S/C25H36F3N3O3/c1-23(2,3)34-22(33)29(4)16-20-10-13-31(14-11-20)21(32)24(25(26,27)28)12-15-30(18-24)17-19-8-6-5-7-9-19/h5-9,20H,10-18H2,1-4H3. The Balaban J connectivity index is 1.59. The monoisotopic (exact) mass is 483 g/mol. The van der Waals surface area contributed by atoms with Gasteiger partial charge in [0.25, 0.3) is 0 Å². The molecule has 0 N–H and O–H groups in total. The first-order valence-electron chi connectivity index (χ1n) is 11.9.